The van der Waals surface area contributed by atoms with Gasteiger partial charge in [0, 0.05) is 37.3 Å². The second-order valence-corrected chi connectivity index (χ2v) is 8.11. The molecule has 2 heterocycles. The Hall–Kier alpha value is -3.19. The number of aryl methyl sites for hydroxylation is 1. The highest BCUT2D eigenvalue weighted by atomic mass is 16.5. The van der Waals surface area contributed by atoms with Crippen molar-refractivity contribution in [2.24, 2.45) is 0 Å². The molecule has 1 aliphatic rings. The highest BCUT2D eigenvalue weighted by Crippen LogP contribution is 2.20. The molecule has 3 aromatic rings. The van der Waals surface area contributed by atoms with Gasteiger partial charge in [0.15, 0.2) is 0 Å². The molecule has 2 aromatic carbocycles. The summed E-state index contributed by atoms with van der Waals surface area (Å²) >= 11 is 0. The van der Waals surface area contributed by atoms with Crippen molar-refractivity contribution in [3.63, 3.8) is 0 Å². The minimum atomic E-state index is 0.103. The van der Waals surface area contributed by atoms with Crippen LogP contribution in [0.3, 0.4) is 0 Å². The summed E-state index contributed by atoms with van der Waals surface area (Å²) in [7, 11) is 1.64. The minimum absolute atomic E-state index is 0.103. The normalized spacial score (nSPS) is 14.5. The van der Waals surface area contributed by atoms with E-state index in [1.807, 2.05) is 41.3 Å². The van der Waals surface area contributed by atoms with Gasteiger partial charge in [0.05, 0.1) is 13.7 Å². The lowest BCUT2D eigenvalue weighted by Crippen LogP contribution is -2.48. The van der Waals surface area contributed by atoms with Gasteiger partial charge in [-0.05, 0) is 54.8 Å². The molecular formula is C25H30N4O3. The van der Waals surface area contributed by atoms with E-state index in [0.717, 1.165) is 36.4 Å². The molecule has 0 unspecified atom stereocenters. The highest BCUT2D eigenvalue weighted by Gasteiger charge is 2.23. The van der Waals surface area contributed by atoms with E-state index in [1.54, 1.807) is 7.11 Å². The number of carbonyl (C=O) groups is 1. The van der Waals surface area contributed by atoms with E-state index in [0.29, 0.717) is 31.3 Å². The maximum atomic E-state index is 12.9. The molecule has 1 saturated heterocycles. The van der Waals surface area contributed by atoms with E-state index in [-0.39, 0.29) is 5.91 Å². The van der Waals surface area contributed by atoms with Gasteiger partial charge in [0.2, 0.25) is 11.7 Å². The van der Waals surface area contributed by atoms with Crippen LogP contribution in [0.5, 0.6) is 5.75 Å². The summed E-state index contributed by atoms with van der Waals surface area (Å²) < 4.78 is 10.6. The topological polar surface area (TPSA) is 71.7 Å². The van der Waals surface area contributed by atoms with Gasteiger partial charge in [-0.25, -0.2) is 0 Å². The first-order valence-electron chi connectivity index (χ1n) is 11.2. The Kier molecular flexibility index (Phi) is 7.17. The second kappa shape index (κ2) is 10.4. The van der Waals surface area contributed by atoms with Crippen LogP contribution in [0.2, 0.25) is 0 Å². The summed E-state index contributed by atoms with van der Waals surface area (Å²) in [5, 5.41) is 4.10. The van der Waals surface area contributed by atoms with Gasteiger partial charge in [-0.3, -0.25) is 9.69 Å². The van der Waals surface area contributed by atoms with Gasteiger partial charge in [0.25, 0.3) is 5.91 Å². The third kappa shape index (κ3) is 5.34. The van der Waals surface area contributed by atoms with Crippen molar-refractivity contribution in [1.29, 1.82) is 0 Å². The van der Waals surface area contributed by atoms with Crippen LogP contribution in [0, 0.1) is 0 Å². The van der Waals surface area contributed by atoms with Crippen LogP contribution < -0.4 is 4.74 Å². The largest absolute Gasteiger partial charge is 0.497 e. The number of hydrogen-bond donors (Lipinski definition) is 0. The molecule has 0 atom stereocenters. The van der Waals surface area contributed by atoms with E-state index in [1.165, 1.54) is 18.4 Å². The summed E-state index contributed by atoms with van der Waals surface area (Å²) in [6.07, 6.45) is 3.42. The van der Waals surface area contributed by atoms with Crippen molar-refractivity contribution >= 4 is 5.91 Å². The first kappa shape index (κ1) is 22.0. The molecular weight excluding hydrogens is 404 g/mol. The third-order valence-corrected chi connectivity index (χ3v) is 5.85. The number of ether oxygens (including phenoxy) is 1. The number of rotatable bonds is 8. The highest BCUT2D eigenvalue weighted by molar-refractivity contribution is 5.94. The van der Waals surface area contributed by atoms with Gasteiger partial charge in [0.1, 0.15) is 5.75 Å². The molecule has 7 nitrogen and oxygen atoms in total. The van der Waals surface area contributed by atoms with Crippen LogP contribution in [0.25, 0.3) is 11.4 Å². The zero-order valence-electron chi connectivity index (χ0n) is 18.8. The lowest BCUT2D eigenvalue weighted by Gasteiger charge is -2.34. The van der Waals surface area contributed by atoms with Crippen LogP contribution in [0.4, 0.5) is 0 Å². The summed E-state index contributed by atoms with van der Waals surface area (Å²) in [6.45, 7) is 5.71. The number of aromatic nitrogens is 2. The number of methoxy groups -OCH3 is 1. The van der Waals surface area contributed by atoms with Crippen molar-refractivity contribution < 1.29 is 14.1 Å². The number of hydrogen-bond acceptors (Lipinski definition) is 6. The van der Waals surface area contributed by atoms with Crippen LogP contribution in [-0.2, 0) is 13.0 Å². The molecule has 1 aromatic heterocycles. The summed E-state index contributed by atoms with van der Waals surface area (Å²) in [5.41, 5.74) is 2.94. The fourth-order valence-corrected chi connectivity index (χ4v) is 3.85. The number of benzene rings is 2. The summed E-state index contributed by atoms with van der Waals surface area (Å²) in [6, 6.07) is 15.6. The van der Waals surface area contributed by atoms with E-state index >= 15 is 0 Å². The minimum Gasteiger partial charge on any atom is -0.497 e. The molecule has 32 heavy (non-hydrogen) atoms. The fraction of sp³-hybridized carbons (Fsp3) is 0.400. The fourth-order valence-electron chi connectivity index (χ4n) is 3.85. The third-order valence-electron chi connectivity index (χ3n) is 5.85. The van der Waals surface area contributed by atoms with Crippen LogP contribution >= 0.6 is 0 Å². The lowest BCUT2D eigenvalue weighted by atomic mass is 10.1. The van der Waals surface area contributed by atoms with Gasteiger partial charge in [-0.1, -0.05) is 30.6 Å². The Morgan fingerprint density at radius 2 is 1.75 bits per heavy atom. The Morgan fingerprint density at radius 3 is 2.41 bits per heavy atom. The SMILES string of the molecule is CCCCc1ccc(C(=O)N2CCN(Cc3nc(-c4ccc(OC)cc4)no3)CC2)cc1. The van der Waals surface area contributed by atoms with Crippen molar-refractivity contribution in [3.05, 3.63) is 65.5 Å². The van der Waals surface area contributed by atoms with Crippen LogP contribution in [0.1, 0.15) is 41.6 Å². The molecule has 168 valence electrons. The predicted octanol–water partition coefficient (Wildman–Crippen LogP) is 4.05. The molecule has 0 radical (unpaired) electrons. The number of nitrogens with zero attached hydrogens (tertiary/aromatic N) is 4. The number of carbonyl (C=O) groups excluding carboxylic acids is 1. The average molecular weight is 435 g/mol. The van der Waals surface area contributed by atoms with Crippen molar-refractivity contribution in [1.82, 2.24) is 19.9 Å². The lowest BCUT2D eigenvalue weighted by molar-refractivity contribution is 0.0615. The second-order valence-electron chi connectivity index (χ2n) is 8.11. The Labute approximate surface area is 189 Å². The molecule has 4 rings (SSSR count). The molecule has 7 heteroatoms. The van der Waals surface area contributed by atoms with Crippen molar-refractivity contribution in [3.8, 4) is 17.1 Å². The van der Waals surface area contributed by atoms with E-state index in [9.17, 15) is 4.79 Å². The zero-order chi connectivity index (χ0) is 22.3. The molecule has 0 saturated carbocycles. The first-order chi connectivity index (χ1) is 15.7. The average Bonchev–Trinajstić information content (AvgIpc) is 3.31. The molecule has 0 aliphatic carbocycles. The van der Waals surface area contributed by atoms with Gasteiger partial charge < -0.3 is 14.2 Å². The summed E-state index contributed by atoms with van der Waals surface area (Å²) in [5.74, 6) is 2.04. The maximum absolute atomic E-state index is 12.9. The quantitative estimate of drug-likeness (QED) is 0.533. The molecule has 0 bridgehead atoms. The van der Waals surface area contributed by atoms with E-state index in [2.05, 4.69) is 34.1 Å². The number of amides is 1. The van der Waals surface area contributed by atoms with Crippen molar-refractivity contribution in [2.45, 2.75) is 32.7 Å². The molecule has 1 aliphatic heterocycles. The van der Waals surface area contributed by atoms with E-state index in [4.69, 9.17) is 9.26 Å². The van der Waals surface area contributed by atoms with E-state index < -0.39 is 0 Å². The molecule has 1 fully saturated rings. The van der Waals surface area contributed by atoms with Crippen LogP contribution in [-0.4, -0.2) is 59.1 Å². The van der Waals surface area contributed by atoms with Gasteiger partial charge in [-0.15, -0.1) is 0 Å². The Morgan fingerprint density at radius 1 is 1.03 bits per heavy atom. The Balaban J connectivity index is 1.28. The molecule has 0 spiro atoms. The number of unbranched alkanes of at least 4 members (excludes halogenated alkanes) is 1. The first-order valence-corrected chi connectivity index (χ1v) is 11.2. The molecule has 1 amide bonds. The number of piperazine rings is 1. The predicted molar refractivity (Wildman–Crippen MR) is 123 cm³/mol. The van der Waals surface area contributed by atoms with Crippen molar-refractivity contribution in [2.75, 3.05) is 33.3 Å². The smallest absolute Gasteiger partial charge is 0.253 e. The maximum Gasteiger partial charge on any atom is 0.253 e. The van der Waals surface area contributed by atoms with Crippen LogP contribution in [0.15, 0.2) is 53.1 Å². The Bertz CT molecular complexity index is 1010. The molecule has 0 N–H and O–H groups in total. The standard InChI is InChI=1S/C25H30N4O3/c1-3-4-5-19-6-8-21(9-7-19)25(30)29-16-14-28(15-17-29)18-23-26-24(27-32-23)20-10-12-22(31-2)13-11-20/h6-13H,3-5,14-18H2,1-2H3. The summed E-state index contributed by atoms with van der Waals surface area (Å²) in [4.78, 5) is 21.5. The zero-order valence-corrected chi connectivity index (χ0v) is 18.8. The monoisotopic (exact) mass is 434 g/mol. The van der Waals surface area contributed by atoms with Gasteiger partial charge >= 0.3 is 0 Å². The van der Waals surface area contributed by atoms with Gasteiger partial charge in [-0.2, -0.15) is 4.98 Å².